The van der Waals surface area contributed by atoms with Crippen LogP contribution in [0.2, 0.25) is 0 Å². The van der Waals surface area contributed by atoms with Gasteiger partial charge in [0.05, 0.1) is 6.42 Å². The maximum absolute atomic E-state index is 13.8. The van der Waals surface area contributed by atoms with Crippen molar-refractivity contribution >= 4 is 17.6 Å². The van der Waals surface area contributed by atoms with Crippen LogP contribution < -0.4 is 5.32 Å². The van der Waals surface area contributed by atoms with Gasteiger partial charge in [0.1, 0.15) is 5.82 Å². The van der Waals surface area contributed by atoms with E-state index >= 15 is 0 Å². The molecule has 0 aromatic heterocycles. The van der Waals surface area contributed by atoms with Gasteiger partial charge in [-0.3, -0.25) is 9.59 Å². The van der Waals surface area contributed by atoms with Crippen LogP contribution in [0.4, 0.5) is 10.1 Å². The lowest BCUT2D eigenvalue weighted by Gasteiger charge is -2.14. The Labute approximate surface area is 123 Å². The van der Waals surface area contributed by atoms with Crippen molar-refractivity contribution < 1.29 is 19.1 Å². The number of benzene rings is 1. The van der Waals surface area contributed by atoms with Crippen LogP contribution in [-0.2, 0) is 16.0 Å². The van der Waals surface area contributed by atoms with Gasteiger partial charge in [-0.15, -0.1) is 0 Å². The van der Waals surface area contributed by atoms with Crippen LogP contribution in [0, 0.1) is 11.7 Å². The zero-order valence-corrected chi connectivity index (χ0v) is 11.9. The van der Waals surface area contributed by atoms with Crippen LogP contribution in [0.25, 0.3) is 0 Å². The highest BCUT2D eigenvalue weighted by Crippen LogP contribution is 2.24. The summed E-state index contributed by atoms with van der Waals surface area (Å²) in [5.41, 5.74) is 0.505. The van der Waals surface area contributed by atoms with Crippen molar-refractivity contribution in [3.63, 3.8) is 0 Å². The summed E-state index contributed by atoms with van der Waals surface area (Å²) in [6.07, 6.45) is 5.86. The minimum absolute atomic E-state index is 0.00532. The number of hydrogen-bond donors (Lipinski definition) is 2. The fourth-order valence-electron chi connectivity index (χ4n) is 2.72. The Kier molecular flexibility index (Phi) is 5.31. The van der Waals surface area contributed by atoms with E-state index in [1.165, 1.54) is 25.0 Å². The number of anilines is 1. The van der Waals surface area contributed by atoms with Gasteiger partial charge in [0.2, 0.25) is 5.91 Å². The SMILES string of the molecule is O=C(O)Cc1ccc(NC(=O)C2CCCCCC2)cc1F. The van der Waals surface area contributed by atoms with Crippen molar-refractivity contribution in [2.75, 3.05) is 5.32 Å². The van der Waals surface area contributed by atoms with Crippen LogP contribution in [-0.4, -0.2) is 17.0 Å². The molecular formula is C16H20FNO3. The molecule has 1 aromatic rings. The standard InChI is InChI=1S/C16H20FNO3/c17-14-10-13(8-7-12(14)9-15(19)20)18-16(21)11-5-3-1-2-4-6-11/h7-8,10-11H,1-6,9H2,(H,18,21)(H,19,20). The van der Waals surface area contributed by atoms with E-state index in [-0.39, 0.29) is 23.8 Å². The van der Waals surface area contributed by atoms with E-state index in [0.29, 0.717) is 5.69 Å². The summed E-state index contributed by atoms with van der Waals surface area (Å²) in [5.74, 6) is -1.75. The fourth-order valence-corrected chi connectivity index (χ4v) is 2.72. The average molecular weight is 293 g/mol. The lowest BCUT2D eigenvalue weighted by molar-refractivity contribution is -0.136. The van der Waals surface area contributed by atoms with Crippen LogP contribution >= 0.6 is 0 Å². The van der Waals surface area contributed by atoms with Crippen LogP contribution in [0.3, 0.4) is 0 Å². The summed E-state index contributed by atoms with van der Waals surface area (Å²) in [6, 6.07) is 4.15. The monoisotopic (exact) mass is 293 g/mol. The molecule has 5 heteroatoms. The molecule has 1 aliphatic carbocycles. The third-order valence-electron chi connectivity index (χ3n) is 3.89. The summed E-state index contributed by atoms with van der Waals surface area (Å²) < 4.78 is 13.8. The van der Waals surface area contributed by atoms with Gasteiger partial charge >= 0.3 is 5.97 Å². The Morgan fingerprint density at radius 1 is 1.19 bits per heavy atom. The number of hydrogen-bond acceptors (Lipinski definition) is 2. The van der Waals surface area contributed by atoms with Gasteiger partial charge in [0.25, 0.3) is 0 Å². The minimum atomic E-state index is -1.08. The quantitative estimate of drug-likeness (QED) is 0.836. The maximum Gasteiger partial charge on any atom is 0.307 e. The van der Waals surface area contributed by atoms with Crippen molar-refractivity contribution in [2.45, 2.75) is 44.9 Å². The van der Waals surface area contributed by atoms with Gasteiger partial charge in [-0.1, -0.05) is 31.7 Å². The molecule has 4 nitrogen and oxygen atoms in total. The van der Waals surface area contributed by atoms with E-state index in [0.717, 1.165) is 25.7 Å². The van der Waals surface area contributed by atoms with Crippen LogP contribution in [0.1, 0.15) is 44.1 Å². The summed E-state index contributed by atoms with van der Waals surface area (Å²) >= 11 is 0. The van der Waals surface area contributed by atoms with E-state index in [2.05, 4.69) is 5.32 Å². The first-order valence-electron chi connectivity index (χ1n) is 7.37. The molecule has 21 heavy (non-hydrogen) atoms. The number of carboxylic acid groups (broad SMARTS) is 1. The third-order valence-corrected chi connectivity index (χ3v) is 3.89. The fraction of sp³-hybridized carbons (Fsp3) is 0.500. The zero-order chi connectivity index (χ0) is 15.2. The normalized spacial score (nSPS) is 16.2. The molecular weight excluding hydrogens is 273 g/mol. The van der Waals surface area contributed by atoms with Gasteiger partial charge in [-0.05, 0) is 30.5 Å². The molecule has 1 saturated carbocycles. The molecule has 0 aliphatic heterocycles. The highest BCUT2D eigenvalue weighted by molar-refractivity contribution is 5.92. The first-order chi connectivity index (χ1) is 10.1. The summed E-state index contributed by atoms with van der Waals surface area (Å²) in [7, 11) is 0. The first kappa shape index (κ1) is 15.5. The van der Waals surface area contributed by atoms with E-state index in [9.17, 15) is 14.0 Å². The number of amides is 1. The largest absolute Gasteiger partial charge is 0.481 e. The number of carbonyl (C=O) groups is 2. The minimum Gasteiger partial charge on any atom is -0.481 e. The number of nitrogens with one attached hydrogen (secondary N) is 1. The topological polar surface area (TPSA) is 66.4 Å². The third kappa shape index (κ3) is 4.55. The molecule has 1 aromatic carbocycles. The predicted octanol–water partition coefficient (Wildman–Crippen LogP) is 3.36. The second-order valence-corrected chi connectivity index (χ2v) is 5.55. The van der Waals surface area contributed by atoms with Gasteiger partial charge in [-0.25, -0.2) is 4.39 Å². The van der Waals surface area contributed by atoms with E-state index in [1.807, 2.05) is 0 Å². The molecule has 0 heterocycles. The van der Waals surface area contributed by atoms with Crippen molar-refractivity contribution in [2.24, 2.45) is 5.92 Å². The molecule has 0 unspecified atom stereocenters. The molecule has 0 saturated heterocycles. The Balaban J connectivity index is 2.00. The summed E-state index contributed by atoms with van der Waals surface area (Å²) in [5, 5.41) is 11.4. The van der Waals surface area contributed by atoms with Crippen LogP contribution in [0.15, 0.2) is 18.2 Å². The van der Waals surface area contributed by atoms with Crippen molar-refractivity contribution in [3.8, 4) is 0 Å². The molecule has 2 rings (SSSR count). The smallest absolute Gasteiger partial charge is 0.307 e. The van der Waals surface area contributed by atoms with Gasteiger partial charge in [-0.2, -0.15) is 0 Å². The number of rotatable bonds is 4. The maximum atomic E-state index is 13.8. The second kappa shape index (κ2) is 7.20. The van der Waals surface area contributed by atoms with Gasteiger partial charge < -0.3 is 10.4 Å². The predicted molar refractivity (Wildman–Crippen MR) is 77.6 cm³/mol. The molecule has 1 aliphatic rings. The van der Waals surface area contributed by atoms with Gasteiger partial charge in [0.15, 0.2) is 0 Å². The Bertz CT molecular complexity index is 522. The highest BCUT2D eigenvalue weighted by Gasteiger charge is 2.20. The van der Waals surface area contributed by atoms with Crippen molar-refractivity contribution in [3.05, 3.63) is 29.6 Å². The Morgan fingerprint density at radius 2 is 1.86 bits per heavy atom. The molecule has 0 radical (unpaired) electrons. The number of halogens is 1. The molecule has 0 spiro atoms. The number of carbonyl (C=O) groups excluding carboxylic acids is 1. The lowest BCUT2D eigenvalue weighted by Crippen LogP contribution is -2.22. The average Bonchev–Trinajstić information content (AvgIpc) is 2.70. The molecule has 0 atom stereocenters. The second-order valence-electron chi connectivity index (χ2n) is 5.55. The van der Waals surface area contributed by atoms with E-state index < -0.39 is 11.8 Å². The van der Waals surface area contributed by atoms with Crippen molar-refractivity contribution in [1.82, 2.24) is 0 Å². The molecule has 0 bridgehead atoms. The molecule has 114 valence electrons. The van der Waals surface area contributed by atoms with E-state index in [1.54, 1.807) is 6.07 Å². The molecule has 2 N–H and O–H groups in total. The van der Waals surface area contributed by atoms with Crippen LogP contribution in [0.5, 0.6) is 0 Å². The summed E-state index contributed by atoms with van der Waals surface area (Å²) in [4.78, 5) is 22.8. The molecule has 1 fully saturated rings. The zero-order valence-electron chi connectivity index (χ0n) is 11.9. The first-order valence-corrected chi connectivity index (χ1v) is 7.37. The lowest BCUT2D eigenvalue weighted by atomic mass is 9.99. The highest BCUT2D eigenvalue weighted by atomic mass is 19.1. The number of aliphatic carboxylic acids is 1. The van der Waals surface area contributed by atoms with E-state index in [4.69, 9.17) is 5.11 Å². The molecule has 1 amide bonds. The Morgan fingerprint density at radius 3 is 2.43 bits per heavy atom. The van der Waals surface area contributed by atoms with Gasteiger partial charge in [0, 0.05) is 11.6 Å². The Hall–Kier alpha value is -1.91. The summed E-state index contributed by atoms with van der Waals surface area (Å²) in [6.45, 7) is 0. The van der Waals surface area contributed by atoms with Crippen molar-refractivity contribution in [1.29, 1.82) is 0 Å². The number of carboxylic acids is 1.